The van der Waals surface area contributed by atoms with Crippen LogP contribution >= 0.6 is 0 Å². The first-order valence-electron chi connectivity index (χ1n) is 4.64. The number of sulfone groups is 1. The number of hydrogen-bond donors (Lipinski definition) is 2. The van der Waals surface area contributed by atoms with E-state index in [1.54, 1.807) is 0 Å². The summed E-state index contributed by atoms with van der Waals surface area (Å²) in [5, 5.41) is 13.3. The quantitative estimate of drug-likeness (QED) is 0.829. The lowest BCUT2D eigenvalue weighted by Gasteiger charge is -2.06. The molecule has 1 heterocycles. The Morgan fingerprint density at radius 2 is 2.12 bits per heavy atom. The smallest absolute Gasteiger partial charge is 0.222 e. The van der Waals surface area contributed by atoms with E-state index in [9.17, 15) is 13.5 Å². The summed E-state index contributed by atoms with van der Waals surface area (Å²) < 4.78 is 27.9. The highest BCUT2D eigenvalue weighted by atomic mass is 32.2. The Labute approximate surface area is 97.6 Å². The Morgan fingerprint density at radius 1 is 1.41 bits per heavy atom. The van der Waals surface area contributed by atoms with Gasteiger partial charge in [-0.05, 0) is 6.07 Å². The highest BCUT2D eigenvalue weighted by molar-refractivity contribution is 7.91. The number of phenolic OH excluding ortho intramolecular Hbond substituents is 1. The summed E-state index contributed by atoms with van der Waals surface area (Å²) in [6.07, 6.45) is 1.01. The Balaban J connectivity index is 2.75. The molecule has 3 N–H and O–H groups in total. The minimum atomic E-state index is -3.58. The van der Waals surface area contributed by atoms with Gasteiger partial charge in [-0.3, -0.25) is 0 Å². The third-order valence-electron chi connectivity index (χ3n) is 2.17. The molecule has 0 aliphatic heterocycles. The minimum Gasteiger partial charge on any atom is -0.507 e. The van der Waals surface area contributed by atoms with Gasteiger partial charge in [0.15, 0.2) is 9.84 Å². The van der Waals surface area contributed by atoms with Gasteiger partial charge in [-0.2, -0.15) is 0 Å². The average Bonchev–Trinajstić information content (AvgIpc) is 2.62. The van der Waals surface area contributed by atoms with Crippen LogP contribution in [0.4, 0.5) is 5.88 Å². The van der Waals surface area contributed by atoms with E-state index in [4.69, 9.17) is 5.73 Å². The SMILES string of the molecule is CS(=O)(=O)c1c(O)cccc1-c1cc(N)on1. The zero-order valence-corrected chi connectivity index (χ0v) is 9.73. The van der Waals surface area contributed by atoms with Gasteiger partial charge >= 0.3 is 0 Å². The van der Waals surface area contributed by atoms with E-state index < -0.39 is 9.84 Å². The van der Waals surface area contributed by atoms with Gasteiger partial charge in [-0.15, -0.1) is 0 Å². The lowest BCUT2D eigenvalue weighted by molar-refractivity contribution is 0.438. The fraction of sp³-hybridized carbons (Fsp3) is 0.100. The average molecular weight is 254 g/mol. The predicted molar refractivity (Wildman–Crippen MR) is 61.1 cm³/mol. The van der Waals surface area contributed by atoms with Crippen molar-refractivity contribution in [3.63, 3.8) is 0 Å². The van der Waals surface area contributed by atoms with Crippen LogP contribution in [0.3, 0.4) is 0 Å². The number of hydrogen-bond acceptors (Lipinski definition) is 6. The molecule has 0 atom stereocenters. The number of benzene rings is 1. The highest BCUT2D eigenvalue weighted by Gasteiger charge is 2.21. The van der Waals surface area contributed by atoms with Crippen molar-refractivity contribution in [3.8, 4) is 17.0 Å². The second-order valence-electron chi connectivity index (χ2n) is 3.54. The van der Waals surface area contributed by atoms with Crippen molar-refractivity contribution in [2.75, 3.05) is 12.0 Å². The molecule has 17 heavy (non-hydrogen) atoms. The molecule has 6 nitrogen and oxygen atoms in total. The normalized spacial score (nSPS) is 11.6. The first kappa shape index (κ1) is 11.5. The molecule has 0 aliphatic rings. The van der Waals surface area contributed by atoms with Crippen LogP contribution in [0.5, 0.6) is 5.75 Å². The number of nitrogens with two attached hydrogens (primary N) is 1. The number of anilines is 1. The van der Waals surface area contributed by atoms with Crippen molar-refractivity contribution >= 4 is 15.7 Å². The fourth-order valence-corrected chi connectivity index (χ4v) is 2.55. The summed E-state index contributed by atoms with van der Waals surface area (Å²) in [4.78, 5) is -0.187. The number of phenols is 1. The molecule has 0 saturated heterocycles. The fourth-order valence-electron chi connectivity index (χ4n) is 1.53. The molecule has 1 aromatic heterocycles. The van der Waals surface area contributed by atoms with E-state index in [-0.39, 0.29) is 27.8 Å². The standard InChI is InChI=1S/C10H10N2O4S/c1-17(14,15)10-6(3-2-4-8(10)13)7-5-9(11)16-12-7/h2-5,13H,11H2,1H3. The monoisotopic (exact) mass is 254 g/mol. The highest BCUT2D eigenvalue weighted by Crippen LogP contribution is 2.33. The van der Waals surface area contributed by atoms with Crippen molar-refractivity contribution in [3.05, 3.63) is 24.3 Å². The number of aromatic hydroxyl groups is 1. The number of aromatic nitrogens is 1. The zero-order valence-electron chi connectivity index (χ0n) is 8.91. The van der Waals surface area contributed by atoms with Gasteiger partial charge in [0.1, 0.15) is 16.3 Å². The lowest BCUT2D eigenvalue weighted by Crippen LogP contribution is -2.00. The Kier molecular flexibility index (Phi) is 2.55. The molecular weight excluding hydrogens is 244 g/mol. The third-order valence-corrected chi connectivity index (χ3v) is 3.34. The molecular formula is C10H10N2O4S. The second-order valence-corrected chi connectivity index (χ2v) is 5.49. The van der Waals surface area contributed by atoms with Crippen molar-refractivity contribution in [1.82, 2.24) is 5.16 Å². The van der Waals surface area contributed by atoms with Gasteiger partial charge in [0.25, 0.3) is 0 Å². The van der Waals surface area contributed by atoms with Gasteiger partial charge in [0.05, 0.1) is 0 Å². The van der Waals surface area contributed by atoms with Crippen LogP contribution in [-0.2, 0) is 9.84 Å². The first-order valence-corrected chi connectivity index (χ1v) is 6.53. The largest absolute Gasteiger partial charge is 0.507 e. The van der Waals surface area contributed by atoms with Gasteiger partial charge in [0.2, 0.25) is 5.88 Å². The van der Waals surface area contributed by atoms with Crippen LogP contribution in [0.2, 0.25) is 0 Å². The Bertz CT molecular complexity index is 661. The molecule has 0 bridgehead atoms. The van der Waals surface area contributed by atoms with E-state index >= 15 is 0 Å². The molecule has 1 aromatic carbocycles. The third kappa shape index (κ3) is 2.09. The summed E-state index contributed by atoms with van der Waals surface area (Å²) in [5.74, 6) is -0.255. The molecule has 0 spiro atoms. The summed E-state index contributed by atoms with van der Waals surface area (Å²) in [6.45, 7) is 0. The van der Waals surface area contributed by atoms with Crippen LogP contribution in [0.1, 0.15) is 0 Å². The maximum absolute atomic E-state index is 11.6. The first-order chi connectivity index (χ1) is 7.89. The molecule has 2 rings (SSSR count). The maximum Gasteiger partial charge on any atom is 0.222 e. The molecule has 0 saturated carbocycles. The van der Waals surface area contributed by atoms with Crippen LogP contribution in [0.25, 0.3) is 11.3 Å². The van der Waals surface area contributed by atoms with Crippen LogP contribution in [0, 0.1) is 0 Å². The summed E-state index contributed by atoms with van der Waals surface area (Å²) in [6, 6.07) is 5.73. The van der Waals surface area contributed by atoms with Crippen LogP contribution in [-0.4, -0.2) is 24.9 Å². The summed E-state index contributed by atoms with van der Waals surface area (Å²) in [5.41, 5.74) is 5.89. The van der Waals surface area contributed by atoms with Crippen molar-refractivity contribution in [2.45, 2.75) is 4.90 Å². The lowest BCUT2D eigenvalue weighted by atomic mass is 10.1. The number of nitrogens with zero attached hydrogens (tertiary/aromatic N) is 1. The van der Waals surface area contributed by atoms with Crippen LogP contribution in [0.15, 0.2) is 33.7 Å². The molecule has 0 fully saturated rings. The van der Waals surface area contributed by atoms with Gasteiger partial charge < -0.3 is 15.4 Å². The van der Waals surface area contributed by atoms with Crippen molar-refractivity contribution < 1.29 is 18.0 Å². The second kappa shape index (κ2) is 3.77. The predicted octanol–water partition coefficient (Wildman–Crippen LogP) is 1.03. The number of rotatable bonds is 2. The topological polar surface area (TPSA) is 106 Å². The molecule has 0 amide bonds. The minimum absolute atomic E-state index is 0.0720. The summed E-state index contributed by atoms with van der Waals surface area (Å²) >= 11 is 0. The van der Waals surface area contributed by atoms with Crippen molar-refractivity contribution in [1.29, 1.82) is 0 Å². The summed E-state index contributed by atoms with van der Waals surface area (Å²) in [7, 11) is -3.58. The molecule has 0 unspecified atom stereocenters. The van der Waals surface area contributed by atoms with Crippen molar-refractivity contribution in [2.24, 2.45) is 0 Å². The van der Waals surface area contributed by atoms with Gasteiger partial charge in [-0.1, -0.05) is 17.3 Å². The van der Waals surface area contributed by atoms with E-state index in [1.807, 2.05) is 0 Å². The molecule has 7 heteroatoms. The van der Waals surface area contributed by atoms with E-state index in [2.05, 4.69) is 9.68 Å². The van der Waals surface area contributed by atoms with Crippen LogP contribution < -0.4 is 5.73 Å². The van der Waals surface area contributed by atoms with E-state index in [0.717, 1.165) is 6.26 Å². The van der Waals surface area contributed by atoms with Gasteiger partial charge in [-0.25, -0.2) is 8.42 Å². The molecule has 2 aromatic rings. The molecule has 0 aliphatic carbocycles. The van der Waals surface area contributed by atoms with E-state index in [1.165, 1.54) is 24.3 Å². The zero-order chi connectivity index (χ0) is 12.6. The van der Waals surface area contributed by atoms with Gasteiger partial charge in [0, 0.05) is 17.9 Å². The Morgan fingerprint density at radius 3 is 2.65 bits per heavy atom. The number of nitrogen functional groups attached to an aromatic ring is 1. The van der Waals surface area contributed by atoms with E-state index in [0.29, 0.717) is 0 Å². The molecule has 90 valence electrons. The molecule has 0 radical (unpaired) electrons. The Hall–Kier alpha value is -2.02. The maximum atomic E-state index is 11.6.